The molecule has 46 heavy (non-hydrogen) atoms. The van der Waals surface area contributed by atoms with Crippen molar-refractivity contribution in [2.75, 3.05) is 0 Å². The molecule has 2 fully saturated rings. The Balaban J connectivity index is 1.58. The second kappa shape index (κ2) is 12.4. The van der Waals surface area contributed by atoms with Crippen molar-refractivity contribution >= 4 is 27.0 Å². The normalized spacial score (nSPS) is 34.3. The summed E-state index contributed by atoms with van der Waals surface area (Å²) in [5.74, 6) is 3.12. The molecule has 3 aliphatic heterocycles. The van der Waals surface area contributed by atoms with Crippen molar-refractivity contribution in [3.05, 3.63) is 69.9 Å². The van der Waals surface area contributed by atoms with Crippen molar-refractivity contribution in [3.8, 4) is 11.5 Å². The number of rotatable bonds is 6. The first-order valence-electron chi connectivity index (χ1n) is 17.5. The molecule has 5 nitrogen and oxygen atoms in total. The Morgan fingerprint density at radius 3 is 2.57 bits per heavy atom. The number of carbonyl (C=O) groups is 1. The van der Waals surface area contributed by atoms with Gasteiger partial charge in [0.1, 0.15) is 23.2 Å². The lowest BCUT2D eigenvalue weighted by molar-refractivity contribution is 0.00503. The van der Waals surface area contributed by atoms with E-state index in [1.54, 1.807) is 0 Å². The topological polar surface area (TPSA) is 64.6 Å². The van der Waals surface area contributed by atoms with Gasteiger partial charge in [-0.1, -0.05) is 55.9 Å². The van der Waals surface area contributed by atoms with Crippen LogP contribution in [0.4, 0.5) is 0 Å². The van der Waals surface area contributed by atoms with Crippen LogP contribution < -0.4 is 14.8 Å². The molecule has 0 aromatic heterocycles. The highest BCUT2D eigenvalue weighted by Crippen LogP contribution is 2.59. The van der Waals surface area contributed by atoms with Crippen molar-refractivity contribution in [1.82, 2.24) is 5.32 Å². The van der Waals surface area contributed by atoms with Crippen molar-refractivity contribution < 1.29 is 17.3 Å². The zero-order valence-electron chi connectivity index (χ0n) is 29.4. The van der Waals surface area contributed by atoms with Crippen LogP contribution in [0.5, 0.6) is 11.5 Å². The number of allylic oxidation sites excluding steroid dienone is 5. The molecule has 2 aliphatic carbocycles. The van der Waals surface area contributed by atoms with Crippen LogP contribution in [-0.4, -0.2) is 33.0 Å². The predicted molar refractivity (Wildman–Crippen MR) is 195 cm³/mol. The molecule has 1 aromatic carbocycles. The second-order valence-electron chi connectivity index (χ2n) is 16.3. The fourth-order valence-electron chi connectivity index (χ4n) is 9.16. The van der Waals surface area contributed by atoms with Gasteiger partial charge in [0.15, 0.2) is 27.0 Å². The third kappa shape index (κ3) is 5.92. The molecule has 1 aromatic rings. The van der Waals surface area contributed by atoms with E-state index in [0.717, 1.165) is 49.0 Å². The number of piperidine rings is 1. The van der Waals surface area contributed by atoms with E-state index in [4.69, 9.17) is 9.47 Å². The maximum atomic E-state index is 15.0. The van der Waals surface area contributed by atoms with Gasteiger partial charge in [-0.15, -0.1) is 0 Å². The van der Waals surface area contributed by atoms with Gasteiger partial charge in [-0.05, 0) is 116 Å². The average Bonchev–Trinajstić information content (AvgIpc) is 2.95. The van der Waals surface area contributed by atoms with Crippen LogP contribution in [-0.2, 0) is 9.49 Å². The van der Waals surface area contributed by atoms with Gasteiger partial charge >= 0.3 is 0 Å². The Labute approximate surface area is 287 Å². The van der Waals surface area contributed by atoms with Crippen LogP contribution in [0.25, 0.3) is 0 Å². The quantitative estimate of drug-likeness (QED) is 0.179. The Bertz CT molecular complexity index is 1540. The number of hydrogen-bond donors (Lipinski definition) is 1. The SMILES string of the molecule is C=C(C)[C@@H]1CC[C@@]2(C)CC1c1c(C)c3c(c(CC=C(C)C)c1O2)O[C@@H]1C(=CC(I=O)CC2C[C@@H]1[C@@H](/C=C/C(C)C)NC2(C)C)C3=O. The summed E-state index contributed by atoms with van der Waals surface area (Å²) < 4.78 is 27.0. The number of nitrogens with one attached hydrogen (secondary N) is 1. The van der Waals surface area contributed by atoms with Crippen LogP contribution in [0, 0.1) is 30.6 Å². The largest absolute Gasteiger partial charge is 0.487 e. The molecule has 6 heteroatoms. The summed E-state index contributed by atoms with van der Waals surface area (Å²) in [5, 5.41) is 3.96. The lowest BCUT2D eigenvalue weighted by Gasteiger charge is -2.52. The minimum atomic E-state index is -1.34. The summed E-state index contributed by atoms with van der Waals surface area (Å²) in [6, 6.07) is 0.0562. The van der Waals surface area contributed by atoms with Crippen molar-refractivity contribution in [1.29, 1.82) is 0 Å². The molecule has 1 saturated carbocycles. The summed E-state index contributed by atoms with van der Waals surface area (Å²) in [6.07, 6.45) is 13.8. The van der Waals surface area contributed by atoms with E-state index in [1.165, 1.54) is 16.7 Å². The highest BCUT2D eigenvalue weighted by molar-refractivity contribution is 14.1. The van der Waals surface area contributed by atoms with E-state index in [1.807, 2.05) is 0 Å². The first-order valence-corrected chi connectivity index (χ1v) is 19.6. The zero-order chi connectivity index (χ0) is 33.3. The van der Waals surface area contributed by atoms with E-state index in [9.17, 15) is 3.07 Å². The van der Waals surface area contributed by atoms with Gasteiger partial charge in [0.05, 0.1) is 9.49 Å². The van der Waals surface area contributed by atoms with Gasteiger partial charge < -0.3 is 14.8 Å². The van der Waals surface area contributed by atoms with Crippen LogP contribution >= 0.6 is 21.2 Å². The molecule has 0 spiro atoms. The van der Waals surface area contributed by atoms with E-state index in [0.29, 0.717) is 41.1 Å². The number of benzene rings is 1. The second-order valence-corrected chi connectivity index (χ2v) is 18.4. The average molecular weight is 740 g/mol. The van der Waals surface area contributed by atoms with Crippen LogP contribution in [0.15, 0.2) is 47.6 Å². The number of carbonyl (C=O) groups excluding carboxylic acids is 1. The smallest absolute Gasteiger partial charge is 0.196 e. The van der Waals surface area contributed by atoms with Gasteiger partial charge in [-0.25, -0.2) is 0 Å². The fraction of sp³-hybridized carbons (Fsp3) is 0.625. The predicted octanol–water partition coefficient (Wildman–Crippen LogP) is 9.66. The van der Waals surface area contributed by atoms with Crippen molar-refractivity contribution in [3.63, 3.8) is 0 Å². The summed E-state index contributed by atoms with van der Waals surface area (Å²) >= 11 is -1.34. The number of ketones is 1. The molecule has 8 atom stereocenters. The molecule has 4 bridgehead atoms. The first kappa shape index (κ1) is 33.8. The number of fused-ring (bicyclic) bond motifs is 9. The molecule has 6 rings (SSSR count). The maximum Gasteiger partial charge on any atom is 0.196 e. The molecule has 3 heterocycles. The standard InChI is InChI=1S/C40H54INO4/c1-21(2)11-13-28-37-34(24(7)33-31-20-40(10,46-38(28)33)16-15-27(31)23(5)6)35(43)30-19-26(41-44)17-25-18-29(36(30)45-37)32(14-12-22(3)4)42-39(25,8)9/h11-12,14,19,22,25-27,29,31-32,36,42H,5,13,15-18,20H2,1-4,6-10H3/b14-12+,30-19?/t25?,26?,27-,29+,31?,32+,36-,40-/m0/s1. The molecule has 1 N–H and O–H groups in total. The van der Waals surface area contributed by atoms with Gasteiger partial charge in [-0.3, -0.25) is 7.86 Å². The lowest BCUT2D eigenvalue weighted by atomic mass is 9.63. The van der Waals surface area contributed by atoms with Gasteiger partial charge in [-0.2, -0.15) is 0 Å². The van der Waals surface area contributed by atoms with Crippen molar-refractivity contribution in [2.45, 2.75) is 134 Å². The summed E-state index contributed by atoms with van der Waals surface area (Å²) in [4.78, 5) is 15.0. The molecule has 250 valence electrons. The van der Waals surface area contributed by atoms with Gasteiger partial charge in [0, 0.05) is 34.2 Å². The van der Waals surface area contributed by atoms with Crippen LogP contribution in [0.3, 0.4) is 0 Å². The summed E-state index contributed by atoms with van der Waals surface area (Å²) in [6.45, 7) is 24.1. The van der Waals surface area contributed by atoms with Crippen molar-refractivity contribution in [2.24, 2.45) is 23.7 Å². The third-order valence-electron chi connectivity index (χ3n) is 11.7. The summed E-state index contributed by atoms with van der Waals surface area (Å²) in [7, 11) is 0. The highest BCUT2D eigenvalue weighted by Gasteiger charge is 2.52. The monoisotopic (exact) mass is 739 g/mol. The highest BCUT2D eigenvalue weighted by atomic mass is 127. The Morgan fingerprint density at radius 2 is 1.91 bits per heavy atom. The molecule has 3 unspecified atom stereocenters. The number of alkyl halides is 1. The van der Waals surface area contributed by atoms with E-state index < -0.39 is 27.3 Å². The Hall–Kier alpha value is -2.06. The van der Waals surface area contributed by atoms with Crippen LogP contribution in [0.2, 0.25) is 0 Å². The van der Waals surface area contributed by atoms with E-state index in [-0.39, 0.29) is 38.7 Å². The molecule has 1 saturated heterocycles. The summed E-state index contributed by atoms with van der Waals surface area (Å²) in [5.41, 5.74) is 6.63. The van der Waals surface area contributed by atoms with E-state index in [2.05, 4.69) is 98.5 Å². The Kier molecular flexibility index (Phi) is 9.14. The zero-order valence-corrected chi connectivity index (χ0v) is 31.5. The number of ether oxygens (including phenoxy) is 2. The molecular weight excluding hydrogens is 685 g/mol. The Morgan fingerprint density at radius 1 is 1.17 bits per heavy atom. The van der Waals surface area contributed by atoms with E-state index >= 15 is 4.79 Å². The number of Topliss-reactive ketones (excluding diaryl/α,β-unsaturated/α-hetero) is 1. The maximum absolute atomic E-state index is 15.0. The molecular formula is C40H54INO4. The van der Waals surface area contributed by atoms with Crippen LogP contribution in [0.1, 0.15) is 120 Å². The minimum absolute atomic E-state index is 0.0540. The molecule has 5 aliphatic rings. The number of halogens is 1. The fourth-order valence-corrected chi connectivity index (χ4v) is 10.5. The lowest BCUT2D eigenvalue weighted by Crippen LogP contribution is -2.62. The van der Waals surface area contributed by atoms with Gasteiger partial charge in [0.2, 0.25) is 0 Å². The molecule has 0 amide bonds. The first-order chi connectivity index (χ1) is 21.6. The third-order valence-corrected chi connectivity index (χ3v) is 13.2. The minimum Gasteiger partial charge on any atom is -0.487 e. The molecule has 0 radical (unpaired) electrons. The van der Waals surface area contributed by atoms with Gasteiger partial charge in [0.25, 0.3) is 0 Å². The number of hydrogen-bond acceptors (Lipinski definition) is 5.